The van der Waals surface area contributed by atoms with E-state index in [1.807, 2.05) is 26.0 Å². The molecule has 0 atom stereocenters. The van der Waals surface area contributed by atoms with Crippen LogP contribution < -0.4 is 5.32 Å². The zero-order valence-corrected chi connectivity index (χ0v) is 13.8. The van der Waals surface area contributed by atoms with Crippen LogP contribution in [0.1, 0.15) is 20.3 Å². The van der Waals surface area contributed by atoms with E-state index < -0.39 is 9.84 Å². The molecule has 2 aromatic carbocycles. The highest BCUT2D eigenvalue weighted by Gasteiger charge is 2.14. The van der Waals surface area contributed by atoms with Gasteiger partial charge in [0.2, 0.25) is 0 Å². The molecule has 0 radical (unpaired) electrons. The molecule has 0 aromatic heterocycles. The van der Waals surface area contributed by atoms with Crippen molar-refractivity contribution in [2.75, 3.05) is 12.3 Å². The van der Waals surface area contributed by atoms with Gasteiger partial charge in [0.25, 0.3) is 0 Å². The molecule has 0 heterocycles. The standard InChI is InChI=1S/C16H20ClNO2S/c1-12(2)18-8-3-9-21(19,20)16-7-5-13-10-15(17)6-4-14(13)11-16/h4-7,10-12,18H,3,8-9H2,1-2H3. The third kappa shape index (κ3) is 4.43. The molecule has 0 amide bonds. The molecule has 2 rings (SSSR count). The van der Waals surface area contributed by atoms with Crippen molar-refractivity contribution >= 4 is 32.2 Å². The molecular formula is C16H20ClNO2S. The van der Waals surface area contributed by atoms with E-state index in [2.05, 4.69) is 5.32 Å². The maximum absolute atomic E-state index is 12.3. The Morgan fingerprint density at radius 2 is 1.76 bits per heavy atom. The first-order valence-corrected chi connectivity index (χ1v) is 9.07. The lowest BCUT2D eigenvalue weighted by Gasteiger charge is -2.09. The van der Waals surface area contributed by atoms with Gasteiger partial charge in [-0.3, -0.25) is 0 Å². The Morgan fingerprint density at radius 1 is 1.10 bits per heavy atom. The average Bonchev–Trinajstić information content (AvgIpc) is 2.43. The molecule has 114 valence electrons. The molecule has 0 aliphatic heterocycles. The lowest BCUT2D eigenvalue weighted by molar-refractivity contribution is 0.568. The number of benzene rings is 2. The van der Waals surface area contributed by atoms with Gasteiger partial charge >= 0.3 is 0 Å². The lowest BCUT2D eigenvalue weighted by Crippen LogP contribution is -2.25. The zero-order valence-electron chi connectivity index (χ0n) is 12.3. The minimum absolute atomic E-state index is 0.159. The minimum Gasteiger partial charge on any atom is -0.314 e. The summed E-state index contributed by atoms with van der Waals surface area (Å²) in [5.41, 5.74) is 0. The van der Waals surface area contributed by atoms with Gasteiger partial charge in [0, 0.05) is 11.1 Å². The molecule has 1 N–H and O–H groups in total. The summed E-state index contributed by atoms with van der Waals surface area (Å²) in [7, 11) is -3.23. The number of hydrogen-bond acceptors (Lipinski definition) is 3. The SMILES string of the molecule is CC(C)NCCCS(=O)(=O)c1ccc2cc(Cl)ccc2c1. The van der Waals surface area contributed by atoms with Crippen LogP contribution in [0.25, 0.3) is 10.8 Å². The van der Waals surface area contributed by atoms with Gasteiger partial charge in [0.1, 0.15) is 0 Å². The molecular weight excluding hydrogens is 306 g/mol. The molecule has 0 aliphatic carbocycles. The van der Waals surface area contributed by atoms with Crippen molar-refractivity contribution in [2.24, 2.45) is 0 Å². The first-order chi connectivity index (χ1) is 9.88. The Labute approximate surface area is 131 Å². The quantitative estimate of drug-likeness (QED) is 0.824. The summed E-state index contributed by atoms with van der Waals surface area (Å²) in [6.45, 7) is 4.80. The molecule has 2 aromatic rings. The van der Waals surface area contributed by atoms with Crippen molar-refractivity contribution in [3.05, 3.63) is 41.4 Å². The van der Waals surface area contributed by atoms with E-state index in [-0.39, 0.29) is 5.75 Å². The summed E-state index contributed by atoms with van der Waals surface area (Å²) in [5.74, 6) is 0.159. The second kappa shape index (κ2) is 6.77. The van der Waals surface area contributed by atoms with Gasteiger partial charge in [-0.1, -0.05) is 37.6 Å². The average molecular weight is 326 g/mol. The highest BCUT2D eigenvalue weighted by atomic mass is 35.5. The van der Waals surface area contributed by atoms with Gasteiger partial charge in [0.05, 0.1) is 10.6 Å². The van der Waals surface area contributed by atoms with Crippen LogP contribution >= 0.6 is 11.6 Å². The molecule has 21 heavy (non-hydrogen) atoms. The number of sulfone groups is 1. The molecule has 0 saturated carbocycles. The number of halogens is 1. The fourth-order valence-electron chi connectivity index (χ4n) is 2.16. The number of fused-ring (bicyclic) bond motifs is 1. The van der Waals surface area contributed by atoms with Crippen LogP contribution in [-0.4, -0.2) is 26.8 Å². The summed E-state index contributed by atoms with van der Waals surface area (Å²) in [6.07, 6.45) is 0.610. The van der Waals surface area contributed by atoms with E-state index in [9.17, 15) is 8.42 Å². The summed E-state index contributed by atoms with van der Waals surface area (Å²) >= 11 is 5.93. The van der Waals surface area contributed by atoms with Gasteiger partial charge in [-0.15, -0.1) is 0 Å². The van der Waals surface area contributed by atoms with Crippen molar-refractivity contribution in [1.29, 1.82) is 0 Å². The normalized spacial score (nSPS) is 12.2. The van der Waals surface area contributed by atoms with Gasteiger partial charge in [0.15, 0.2) is 9.84 Å². The fourth-order valence-corrected chi connectivity index (χ4v) is 3.68. The zero-order chi connectivity index (χ0) is 15.5. The smallest absolute Gasteiger partial charge is 0.178 e. The highest BCUT2D eigenvalue weighted by molar-refractivity contribution is 7.91. The van der Waals surface area contributed by atoms with Crippen LogP contribution in [0.15, 0.2) is 41.3 Å². The van der Waals surface area contributed by atoms with E-state index in [0.29, 0.717) is 28.9 Å². The summed E-state index contributed by atoms with van der Waals surface area (Å²) in [4.78, 5) is 0.377. The largest absolute Gasteiger partial charge is 0.314 e. The van der Waals surface area contributed by atoms with Crippen LogP contribution in [0.3, 0.4) is 0 Å². The van der Waals surface area contributed by atoms with E-state index in [1.54, 1.807) is 24.3 Å². The Hall–Kier alpha value is -1.10. The number of hydrogen-bond donors (Lipinski definition) is 1. The van der Waals surface area contributed by atoms with Crippen LogP contribution in [0.4, 0.5) is 0 Å². The predicted octanol–water partition coefficient (Wildman–Crippen LogP) is 3.66. The Morgan fingerprint density at radius 3 is 2.48 bits per heavy atom. The van der Waals surface area contributed by atoms with E-state index in [0.717, 1.165) is 10.8 Å². The van der Waals surface area contributed by atoms with E-state index in [1.165, 1.54) is 0 Å². The van der Waals surface area contributed by atoms with Gasteiger partial charge < -0.3 is 5.32 Å². The van der Waals surface area contributed by atoms with Gasteiger partial charge in [-0.05, 0) is 48.0 Å². The van der Waals surface area contributed by atoms with Crippen LogP contribution in [0, 0.1) is 0 Å². The molecule has 3 nitrogen and oxygen atoms in total. The Bertz CT molecular complexity index is 726. The predicted molar refractivity (Wildman–Crippen MR) is 88.8 cm³/mol. The molecule has 0 spiro atoms. The van der Waals surface area contributed by atoms with Crippen LogP contribution in [0.5, 0.6) is 0 Å². The molecule has 0 bridgehead atoms. The Balaban J connectivity index is 2.14. The van der Waals surface area contributed by atoms with Crippen molar-refractivity contribution in [3.8, 4) is 0 Å². The van der Waals surface area contributed by atoms with E-state index in [4.69, 9.17) is 11.6 Å². The number of nitrogens with one attached hydrogen (secondary N) is 1. The topological polar surface area (TPSA) is 46.2 Å². The second-order valence-electron chi connectivity index (χ2n) is 5.43. The maximum atomic E-state index is 12.3. The van der Waals surface area contributed by atoms with Crippen LogP contribution in [-0.2, 0) is 9.84 Å². The van der Waals surface area contributed by atoms with Crippen molar-refractivity contribution in [1.82, 2.24) is 5.32 Å². The first-order valence-electron chi connectivity index (χ1n) is 7.04. The molecule has 5 heteroatoms. The van der Waals surface area contributed by atoms with Gasteiger partial charge in [-0.25, -0.2) is 8.42 Å². The summed E-state index contributed by atoms with van der Waals surface area (Å²) in [5, 5.41) is 5.71. The third-order valence-electron chi connectivity index (χ3n) is 3.28. The minimum atomic E-state index is -3.23. The van der Waals surface area contributed by atoms with Crippen LogP contribution in [0.2, 0.25) is 5.02 Å². The van der Waals surface area contributed by atoms with Crippen molar-refractivity contribution in [3.63, 3.8) is 0 Å². The number of rotatable bonds is 6. The first kappa shape index (κ1) is 16.3. The maximum Gasteiger partial charge on any atom is 0.178 e. The molecule has 0 unspecified atom stereocenters. The summed E-state index contributed by atoms with van der Waals surface area (Å²) < 4.78 is 24.7. The fraction of sp³-hybridized carbons (Fsp3) is 0.375. The molecule has 0 saturated heterocycles. The molecule has 0 fully saturated rings. The third-order valence-corrected chi connectivity index (χ3v) is 5.31. The summed E-state index contributed by atoms with van der Waals surface area (Å²) in [6, 6.07) is 11.0. The Kier molecular flexibility index (Phi) is 5.25. The van der Waals surface area contributed by atoms with Crippen molar-refractivity contribution < 1.29 is 8.42 Å². The highest BCUT2D eigenvalue weighted by Crippen LogP contribution is 2.23. The lowest BCUT2D eigenvalue weighted by atomic mass is 10.1. The van der Waals surface area contributed by atoms with Gasteiger partial charge in [-0.2, -0.15) is 0 Å². The monoisotopic (exact) mass is 325 g/mol. The molecule has 0 aliphatic rings. The second-order valence-corrected chi connectivity index (χ2v) is 7.98. The van der Waals surface area contributed by atoms with E-state index >= 15 is 0 Å². The van der Waals surface area contributed by atoms with Crippen molar-refractivity contribution in [2.45, 2.75) is 31.2 Å².